The van der Waals surface area contributed by atoms with E-state index in [2.05, 4.69) is 105 Å². The van der Waals surface area contributed by atoms with Gasteiger partial charge >= 0.3 is 0 Å². The number of hydrogen-bond acceptors (Lipinski definition) is 1. The quantitative estimate of drug-likeness (QED) is 0.177. The molecule has 0 saturated carbocycles. The van der Waals surface area contributed by atoms with E-state index in [1.54, 1.807) is 0 Å². The maximum absolute atomic E-state index is 7.90. The first kappa shape index (κ1) is 23.9. The molecule has 0 aliphatic rings. The Kier molecular flexibility index (Phi) is 5.58. The van der Waals surface area contributed by atoms with E-state index in [1.807, 2.05) is 24.3 Å². The molecule has 3 nitrogen and oxygen atoms in total. The van der Waals surface area contributed by atoms with Gasteiger partial charge in [-0.2, -0.15) is 4.57 Å². The van der Waals surface area contributed by atoms with Gasteiger partial charge in [-0.25, -0.2) is 4.85 Å². The Balaban J connectivity index is 1.78. The molecule has 0 aliphatic heterocycles. The number of furan rings is 1. The van der Waals surface area contributed by atoms with Gasteiger partial charge < -0.3 is 4.42 Å². The van der Waals surface area contributed by atoms with E-state index < -0.39 is 0 Å². The van der Waals surface area contributed by atoms with Crippen LogP contribution in [0.1, 0.15) is 31.9 Å². The number of pyridine rings is 1. The van der Waals surface area contributed by atoms with E-state index >= 15 is 0 Å². The van der Waals surface area contributed by atoms with E-state index in [0.29, 0.717) is 5.69 Å². The summed E-state index contributed by atoms with van der Waals surface area (Å²) in [5.74, 6) is 0. The number of rotatable bonds is 3. The molecule has 6 aromatic rings. The normalized spacial score (nSPS) is 11.9. The molecule has 0 N–H and O–H groups in total. The third-order valence-electron chi connectivity index (χ3n) is 7.41. The van der Waals surface area contributed by atoms with E-state index in [1.165, 1.54) is 22.0 Å². The molecule has 6 rings (SSSR count). The molecule has 186 valence electrons. The Labute approximate surface area is 223 Å². The Morgan fingerprint density at radius 2 is 1.58 bits per heavy atom. The van der Waals surface area contributed by atoms with Crippen LogP contribution in [0, 0.1) is 18.9 Å². The number of fused-ring (bicyclic) bond motifs is 4. The van der Waals surface area contributed by atoms with E-state index in [0.717, 1.165) is 50.7 Å². The predicted octanol–water partition coefficient (Wildman–Crippen LogP) is 9.35. The minimum absolute atomic E-state index is 0.108. The number of aryl methyl sites for hydroxylation is 2. The molecule has 0 bridgehead atoms. The van der Waals surface area contributed by atoms with Gasteiger partial charge in [-0.1, -0.05) is 81.4 Å². The van der Waals surface area contributed by atoms with Crippen LogP contribution in [0.5, 0.6) is 0 Å². The second-order valence-electron chi connectivity index (χ2n) is 11.4. The molecule has 3 heteroatoms. The number of benzene rings is 4. The van der Waals surface area contributed by atoms with Gasteiger partial charge in [0, 0.05) is 33.9 Å². The van der Waals surface area contributed by atoms with Crippen molar-refractivity contribution in [1.82, 2.24) is 0 Å². The summed E-state index contributed by atoms with van der Waals surface area (Å²) >= 11 is 0. The first-order valence-corrected chi connectivity index (χ1v) is 13.1. The fourth-order valence-corrected chi connectivity index (χ4v) is 5.83. The Hall–Kier alpha value is -4.42. The van der Waals surface area contributed by atoms with Crippen molar-refractivity contribution in [2.24, 2.45) is 12.5 Å². The van der Waals surface area contributed by atoms with E-state index in [4.69, 9.17) is 11.0 Å². The van der Waals surface area contributed by atoms with Crippen molar-refractivity contribution in [2.75, 3.05) is 0 Å². The van der Waals surface area contributed by atoms with Crippen LogP contribution < -0.4 is 4.57 Å². The third kappa shape index (κ3) is 3.85. The lowest BCUT2D eigenvalue weighted by molar-refractivity contribution is -0.633. The number of nitrogens with zero attached hydrogens (tertiary/aromatic N) is 2. The molecule has 0 amide bonds. The smallest absolute Gasteiger partial charge is 0.216 e. The van der Waals surface area contributed by atoms with Gasteiger partial charge in [-0.15, -0.1) is 0 Å². The van der Waals surface area contributed by atoms with Crippen LogP contribution >= 0.6 is 0 Å². The maximum Gasteiger partial charge on any atom is 0.216 e. The summed E-state index contributed by atoms with van der Waals surface area (Å²) in [5, 5.41) is 3.42. The largest absolute Gasteiger partial charge is 0.456 e. The second-order valence-corrected chi connectivity index (χ2v) is 11.4. The lowest BCUT2D eigenvalue weighted by atomic mass is 9.84. The summed E-state index contributed by atoms with van der Waals surface area (Å²) in [7, 11) is 2.13. The van der Waals surface area contributed by atoms with E-state index in [-0.39, 0.29) is 5.41 Å². The van der Waals surface area contributed by atoms with Crippen LogP contribution in [0.3, 0.4) is 0 Å². The lowest BCUT2D eigenvalue weighted by Gasteiger charge is -2.20. The molecule has 38 heavy (non-hydrogen) atoms. The lowest BCUT2D eigenvalue weighted by Crippen LogP contribution is -2.32. The van der Waals surface area contributed by atoms with Crippen LogP contribution in [0.4, 0.5) is 5.69 Å². The van der Waals surface area contributed by atoms with Gasteiger partial charge in [-0.05, 0) is 47.6 Å². The second kappa shape index (κ2) is 8.85. The Morgan fingerprint density at radius 3 is 2.32 bits per heavy atom. The Morgan fingerprint density at radius 1 is 0.842 bits per heavy atom. The van der Waals surface area contributed by atoms with E-state index in [9.17, 15) is 0 Å². The van der Waals surface area contributed by atoms with Gasteiger partial charge in [0.2, 0.25) is 11.2 Å². The summed E-state index contributed by atoms with van der Waals surface area (Å²) < 4.78 is 9.17. The third-order valence-corrected chi connectivity index (χ3v) is 7.41. The highest BCUT2D eigenvalue weighted by Gasteiger charge is 2.27. The van der Waals surface area contributed by atoms with Crippen molar-refractivity contribution in [1.29, 1.82) is 0 Å². The number of para-hydroxylation sites is 1. The first-order valence-electron chi connectivity index (χ1n) is 13.1. The molecule has 4 aromatic carbocycles. The van der Waals surface area contributed by atoms with Crippen molar-refractivity contribution < 1.29 is 8.98 Å². The molecular formula is C35H31N2O+. The SMILES string of the molecule is [C-]#[N+]c1ccc2c(oc3c(-c4ccc5ccccc5[n+]4C)c(C)cc(CC(C)(C)C)c32)c1-c1ccccc1. The monoisotopic (exact) mass is 495 g/mol. The molecule has 0 aliphatic carbocycles. The molecule has 0 spiro atoms. The summed E-state index contributed by atoms with van der Waals surface area (Å²) in [5.41, 5.74) is 10.1. The summed E-state index contributed by atoms with van der Waals surface area (Å²) in [6.45, 7) is 16.9. The standard InChI is InChI=1S/C35H31N2O/c1-22-20-25(21-35(2,3)4)31-26-17-18-27(36-5)32(24-13-8-7-9-14-24)33(26)38-34(31)30(22)29-19-16-23-12-10-11-15-28(23)37(29)6/h7-20H,21H2,1-4,6H3/q+1. The Bertz CT molecular complexity index is 1900. The first-order chi connectivity index (χ1) is 18.3. The van der Waals surface area contributed by atoms with Crippen molar-refractivity contribution in [2.45, 2.75) is 34.1 Å². The van der Waals surface area contributed by atoms with Gasteiger partial charge in [0.1, 0.15) is 18.2 Å². The van der Waals surface area contributed by atoms with Crippen LogP contribution in [0.2, 0.25) is 0 Å². The molecule has 0 fully saturated rings. The van der Waals surface area contributed by atoms with Gasteiger partial charge in [0.05, 0.1) is 12.1 Å². The highest BCUT2D eigenvalue weighted by atomic mass is 16.3. The van der Waals surface area contributed by atoms with Crippen molar-refractivity contribution in [3.63, 3.8) is 0 Å². The highest BCUT2D eigenvalue weighted by molar-refractivity contribution is 6.16. The molecule has 0 unspecified atom stereocenters. The topological polar surface area (TPSA) is 21.4 Å². The summed E-state index contributed by atoms with van der Waals surface area (Å²) in [6.07, 6.45) is 0.925. The van der Waals surface area contributed by atoms with Gasteiger partial charge in [0.15, 0.2) is 5.69 Å². The minimum Gasteiger partial charge on any atom is -0.456 e. The number of hydrogen-bond donors (Lipinski definition) is 0. The zero-order valence-electron chi connectivity index (χ0n) is 22.6. The van der Waals surface area contributed by atoms with Gasteiger partial charge in [-0.3, -0.25) is 0 Å². The predicted molar refractivity (Wildman–Crippen MR) is 157 cm³/mol. The maximum atomic E-state index is 7.90. The van der Waals surface area contributed by atoms with Crippen LogP contribution in [0.25, 0.3) is 60.1 Å². The molecule has 2 aromatic heterocycles. The van der Waals surface area contributed by atoms with Crippen LogP contribution in [-0.2, 0) is 13.5 Å². The number of aromatic nitrogens is 1. The summed E-state index contributed by atoms with van der Waals surface area (Å²) in [6, 6.07) is 29.4. The zero-order chi connectivity index (χ0) is 26.6. The van der Waals surface area contributed by atoms with Gasteiger partial charge in [0.25, 0.3) is 0 Å². The van der Waals surface area contributed by atoms with Crippen LogP contribution in [-0.4, -0.2) is 0 Å². The fraction of sp³-hybridized carbons (Fsp3) is 0.200. The van der Waals surface area contributed by atoms with Crippen molar-refractivity contribution >= 4 is 38.5 Å². The molecule has 0 saturated heterocycles. The molecule has 0 radical (unpaired) electrons. The summed E-state index contributed by atoms with van der Waals surface area (Å²) in [4.78, 5) is 3.88. The minimum atomic E-state index is 0.108. The zero-order valence-corrected chi connectivity index (χ0v) is 22.6. The molecule has 0 atom stereocenters. The van der Waals surface area contributed by atoms with Crippen LogP contribution in [0.15, 0.2) is 89.3 Å². The molecular weight excluding hydrogens is 464 g/mol. The average Bonchev–Trinajstić information content (AvgIpc) is 3.28. The fourth-order valence-electron chi connectivity index (χ4n) is 5.83. The average molecular weight is 496 g/mol. The molecule has 2 heterocycles. The van der Waals surface area contributed by atoms with Crippen molar-refractivity contribution in [3.05, 3.63) is 107 Å². The highest BCUT2D eigenvalue weighted by Crippen LogP contribution is 2.46. The van der Waals surface area contributed by atoms with Crippen molar-refractivity contribution in [3.8, 4) is 22.4 Å².